The minimum atomic E-state index is -0.414. The van der Waals surface area contributed by atoms with Gasteiger partial charge in [0.2, 0.25) is 0 Å². The lowest BCUT2D eigenvalue weighted by molar-refractivity contribution is 0.0720. The van der Waals surface area contributed by atoms with Crippen LogP contribution in [0.1, 0.15) is 35.4 Å². The van der Waals surface area contributed by atoms with Crippen LogP contribution in [0.3, 0.4) is 0 Å². The summed E-state index contributed by atoms with van der Waals surface area (Å²) >= 11 is 1.45. The van der Waals surface area contributed by atoms with E-state index in [2.05, 4.69) is 5.32 Å². The van der Waals surface area contributed by atoms with Crippen LogP contribution in [0.4, 0.5) is 0 Å². The number of amides is 1. The Balaban J connectivity index is 1.78. The van der Waals surface area contributed by atoms with Crippen LogP contribution in [-0.4, -0.2) is 23.2 Å². The molecule has 4 heteroatoms. The van der Waals surface area contributed by atoms with Gasteiger partial charge in [0.25, 0.3) is 5.91 Å². The Hall–Kier alpha value is -1.65. The topological polar surface area (TPSA) is 49.3 Å². The van der Waals surface area contributed by atoms with E-state index in [0.29, 0.717) is 0 Å². The molecule has 3 nitrogen and oxygen atoms in total. The molecule has 3 rings (SSSR count). The number of aliphatic hydroxyl groups is 1. The Morgan fingerprint density at radius 2 is 1.90 bits per heavy atom. The standard InChI is InChI=1S/C17H19NO2S/c19-15-9-5-4-8-14(15)18-17(20)16-13(10-11-21-16)12-6-2-1-3-7-12/h1-3,6-7,10-11,14-15,19H,4-5,8-9H2,(H,18,20)/t14-,15-/m0/s1. The summed E-state index contributed by atoms with van der Waals surface area (Å²) in [6.45, 7) is 0. The van der Waals surface area contributed by atoms with Gasteiger partial charge in [-0.1, -0.05) is 43.2 Å². The van der Waals surface area contributed by atoms with Crippen molar-refractivity contribution in [2.75, 3.05) is 0 Å². The molecular formula is C17H19NO2S. The first-order valence-corrected chi connectivity index (χ1v) is 8.25. The molecule has 2 aromatic rings. The van der Waals surface area contributed by atoms with E-state index in [1.54, 1.807) is 0 Å². The highest BCUT2D eigenvalue weighted by molar-refractivity contribution is 7.12. The van der Waals surface area contributed by atoms with E-state index < -0.39 is 6.10 Å². The van der Waals surface area contributed by atoms with Crippen molar-refractivity contribution in [3.8, 4) is 11.1 Å². The van der Waals surface area contributed by atoms with Crippen LogP contribution in [-0.2, 0) is 0 Å². The molecule has 0 unspecified atom stereocenters. The van der Waals surface area contributed by atoms with E-state index in [1.165, 1.54) is 11.3 Å². The third-order valence-electron chi connectivity index (χ3n) is 4.00. The third kappa shape index (κ3) is 3.17. The second kappa shape index (κ2) is 6.41. The van der Waals surface area contributed by atoms with Crippen LogP contribution in [0.15, 0.2) is 41.8 Å². The predicted molar refractivity (Wildman–Crippen MR) is 85.5 cm³/mol. The van der Waals surface area contributed by atoms with Crippen molar-refractivity contribution in [3.05, 3.63) is 46.7 Å². The zero-order chi connectivity index (χ0) is 14.7. The minimum Gasteiger partial charge on any atom is -0.391 e. The number of benzene rings is 1. The number of rotatable bonds is 3. The van der Waals surface area contributed by atoms with Crippen molar-refractivity contribution in [2.45, 2.75) is 37.8 Å². The van der Waals surface area contributed by atoms with Gasteiger partial charge in [0.05, 0.1) is 17.0 Å². The van der Waals surface area contributed by atoms with Crippen molar-refractivity contribution >= 4 is 17.2 Å². The van der Waals surface area contributed by atoms with Crippen LogP contribution in [0, 0.1) is 0 Å². The maximum absolute atomic E-state index is 12.5. The minimum absolute atomic E-state index is 0.0743. The Bertz CT molecular complexity index is 608. The second-order valence-electron chi connectivity index (χ2n) is 5.46. The van der Waals surface area contributed by atoms with Gasteiger partial charge in [-0.25, -0.2) is 0 Å². The lowest BCUT2D eigenvalue weighted by atomic mass is 9.92. The zero-order valence-electron chi connectivity index (χ0n) is 11.8. The summed E-state index contributed by atoms with van der Waals surface area (Å²) in [6.07, 6.45) is 3.34. The van der Waals surface area contributed by atoms with Gasteiger partial charge >= 0.3 is 0 Å². The van der Waals surface area contributed by atoms with Gasteiger partial charge in [-0.2, -0.15) is 0 Å². The van der Waals surface area contributed by atoms with E-state index in [9.17, 15) is 9.90 Å². The molecule has 0 saturated heterocycles. The Morgan fingerprint density at radius 1 is 1.14 bits per heavy atom. The first-order chi connectivity index (χ1) is 10.3. The van der Waals surface area contributed by atoms with Gasteiger partial charge < -0.3 is 10.4 Å². The Labute approximate surface area is 128 Å². The fourth-order valence-corrected chi connectivity index (χ4v) is 3.66. The summed E-state index contributed by atoms with van der Waals surface area (Å²) in [5.74, 6) is -0.0743. The molecule has 1 fully saturated rings. The normalized spacial score (nSPS) is 22.0. The van der Waals surface area contributed by atoms with E-state index >= 15 is 0 Å². The van der Waals surface area contributed by atoms with E-state index in [0.717, 1.165) is 41.7 Å². The van der Waals surface area contributed by atoms with Crippen LogP contribution in [0.25, 0.3) is 11.1 Å². The lowest BCUT2D eigenvalue weighted by Gasteiger charge is -2.28. The number of aliphatic hydroxyl groups excluding tert-OH is 1. The van der Waals surface area contributed by atoms with Crippen molar-refractivity contribution in [3.63, 3.8) is 0 Å². The van der Waals surface area contributed by atoms with Gasteiger partial charge in [0, 0.05) is 5.56 Å². The first kappa shape index (κ1) is 14.3. The molecule has 21 heavy (non-hydrogen) atoms. The molecule has 110 valence electrons. The van der Waals surface area contributed by atoms with Gasteiger partial charge in [-0.15, -0.1) is 11.3 Å². The Kier molecular flexibility index (Phi) is 4.36. The number of carbonyl (C=O) groups excluding carboxylic acids is 1. The second-order valence-corrected chi connectivity index (χ2v) is 6.38. The average Bonchev–Trinajstić information content (AvgIpc) is 3.00. The number of nitrogens with one attached hydrogen (secondary N) is 1. The van der Waals surface area contributed by atoms with Crippen molar-refractivity contribution < 1.29 is 9.90 Å². The predicted octanol–water partition coefficient (Wildman–Crippen LogP) is 3.45. The van der Waals surface area contributed by atoms with Crippen LogP contribution >= 0.6 is 11.3 Å². The highest BCUT2D eigenvalue weighted by Crippen LogP contribution is 2.28. The van der Waals surface area contributed by atoms with Crippen LogP contribution in [0.5, 0.6) is 0 Å². The average molecular weight is 301 g/mol. The number of hydrogen-bond donors (Lipinski definition) is 2. The Morgan fingerprint density at radius 3 is 2.67 bits per heavy atom. The van der Waals surface area contributed by atoms with Crippen LogP contribution < -0.4 is 5.32 Å². The van der Waals surface area contributed by atoms with Gasteiger partial charge in [-0.3, -0.25) is 4.79 Å². The summed E-state index contributed by atoms with van der Waals surface area (Å²) in [4.78, 5) is 13.2. The molecule has 1 aliphatic carbocycles. The van der Waals surface area contributed by atoms with Crippen molar-refractivity contribution in [2.24, 2.45) is 0 Å². The number of hydrogen-bond acceptors (Lipinski definition) is 3. The van der Waals surface area contributed by atoms with Gasteiger partial charge in [-0.05, 0) is 29.9 Å². The summed E-state index contributed by atoms with van der Waals surface area (Å²) < 4.78 is 0. The lowest BCUT2D eigenvalue weighted by Crippen LogP contribution is -2.44. The van der Waals surface area contributed by atoms with Gasteiger partial charge in [0.1, 0.15) is 0 Å². The molecule has 1 aliphatic rings. The molecule has 1 aromatic heterocycles. The smallest absolute Gasteiger partial charge is 0.262 e. The fourth-order valence-electron chi connectivity index (χ4n) is 2.84. The van der Waals surface area contributed by atoms with Gasteiger partial charge in [0.15, 0.2) is 0 Å². The quantitative estimate of drug-likeness (QED) is 0.912. The van der Waals surface area contributed by atoms with Crippen molar-refractivity contribution in [1.29, 1.82) is 0 Å². The molecule has 0 bridgehead atoms. The number of carbonyl (C=O) groups is 1. The molecule has 2 N–H and O–H groups in total. The highest BCUT2D eigenvalue weighted by atomic mass is 32.1. The van der Waals surface area contributed by atoms with E-state index in [4.69, 9.17) is 0 Å². The SMILES string of the molecule is O=C(N[C@H]1CCCC[C@@H]1O)c1sccc1-c1ccccc1. The summed E-state index contributed by atoms with van der Waals surface area (Å²) in [6, 6.07) is 11.8. The molecule has 0 spiro atoms. The highest BCUT2D eigenvalue weighted by Gasteiger charge is 2.26. The molecular weight excluding hydrogens is 282 g/mol. The monoisotopic (exact) mass is 301 g/mol. The van der Waals surface area contributed by atoms with Crippen molar-refractivity contribution in [1.82, 2.24) is 5.32 Å². The molecule has 1 amide bonds. The zero-order valence-corrected chi connectivity index (χ0v) is 12.6. The van der Waals surface area contributed by atoms with Crippen LogP contribution in [0.2, 0.25) is 0 Å². The van der Waals surface area contributed by atoms with E-state index in [1.807, 2.05) is 41.8 Å². The molecule has 1 saturated carbocycles. The maximum atomic E-state index is 12.5. The van der Waals surface area contributed by atoms with E-state index in [-0.39, 0.29) is 11.9 Å². The first-order valence-electron chi connectivity index (χ1n) is 7.37. The fraction of sp³-hybridized carbons (Fsp3) is 0.353. The summed E-state index contributed by atoms with van der Waals surface area (Å²) in [7, 11) is 0. The molecule has 0 aliphatic heterocycles. The number of thiophene rings is 1. The summed E-state index contributed by atoms with van der Waals surface area (Å²) in [5, 5.41) is 14.9. The third-order valence-corrected chi connectivity index (χ3v) is 4.92. The molecule has 1 aromatic carbocycles. The molecule has 0 radical (unpaired) electrons. The molecule has 2 atom stereocenters. The maximum Gasteiger partial charge on any atom is 0.262 e. The summed E-state index contributed by atoms with van der Waals surface area (Å²) in [5.41, 5.74) is 2.01. The largest absolute Gasteiger partial charge is 0.391 e. The molecule has 1 heterocycles.